The van der Waals surface area contributed by atoms with Gasteiger partial charge in [0, 0.05) is 5.56 Å². The molecule has 0 bridgehead atoms. The molecule has 174 valence electrons. The Kier molecular flexibility index (Phi) is 7.26. The zero-order valence-corrected chi connectivity index (χ0v) is 19.2. The van der Waals surface area contributed by atoms with Gasteiger partial charge in [-0.3, -0.25) is 0 Å². The maximum absolute atomic E-state index is 11.5. The third kappa shape index (κ3) is 5.70. The molecule has 3 aromatic rings. The average molecular weight is 450 g/mol. The van der Waals surface area contributed by atoms with E-state index in [9.17, 15) is 15.0 Å². The fourth-order valence-corrected chi connectivity index (χ4v) is 4.56. The highest BCUT2D eigenvalue weighted by molar-refractivity contribution is 5.89. The van der Waals surface area contributed by atoms with Crippen LogP contribution in [0.25, 0.3) is 11.5 Å². The predicted molar refractivity (Wildman–Crippen MR) is 125 cm³/mol. The number of nitrogens with zero attached hydrogens (tertiary/aromatic N) is 1. The summed E-state index contributed by atoms with van der Waals surface area (Å²) in [6.45, 7) is 4.32. The third-order valence-corrected chi connectivity index (χ3v) is 6.53. The molecule has 0 amide bonds. The van der Waals surface area contributed by atoms with Gasteiger partial charge in [-0.2, -0.15) is 0 Å². The second kappa shape index (κ2) is 10.3. The van der Waals surface area contributed by atoms with Gasteiger partial charge in [-0.05, 0) is 69.2 Å². The van der Waals surface area contributed by atoms with Crippen LogP contribution in [0.2, 0.25) is 0 Å². The lowest BCUT2D eigenvalue weighted by Crippen LogP contribution is -2.32. The van der Waals surface area contributed by atoms with E-state index in [1.165, 1.54) is 5.56 Å². The van der Waals surface area contributed by atoms with Crippen LogP contribution < -0.4 is 0 Å². The molecule has 1 aliphatic carbocycles. The minimum atomic E-state index is -0.962. The molecular weight excluding hydrogens is 418 g/mol. The number of aromatic carboxylic acids is 1. The molecular formula is C27H31NO5. The van der Waals surface area contributed by atoms with E-state index < -0.39 is 12.1 Å². The summed E-state index contributed by atoms with van der Waals surface area (Å²) in [6.07, 6.45) is 3.35. The van der Waals surface area contributed by atoms with E-state index in [-0.39, 0.29) is 17.6 Å². The summed E-state index contributed by atoms with van der Waals surface area (Å²) in [7, 11) is 0. The molecule has 6 nitrogen and oxygen atoms in total. The van der Waals surface area contributed by atoms with Crippen LogP contribution in [0.3, 0.4) is 0 Å². The fourth-order valence-electron chi connectivity index (χ4n) is 4.56. The van der Waals surface area contributed by atoms with Crippen molar-refractivity contribution in [2.24, 2.45) is 5.92 Å². The van der Waals surface area contributed by atoms with Crippen LogP contribution in [0.1, 0.15) is 58.6 Å². The largest absolute Gasteiger partial charge is 0.478 e. The van der Waals surface area contributed by atoms with Gasteiger partial charge >= 0.3 is 5.97 Å². The van der Waals surface area contributed by atoms with Crippen molar-refractivity contribution < 1.29 is 24.2 Å². The molecule has 3 atom stereocenters. The van der Waals surface area contributed by atoms with Crippen molar-refractivity contribution in [3.05, 3.63) is 76.7 Å². The molecule has 4 rings (SSSR count). The van der Waals surface area contributed by atoms with Gasteiger partial charge in [-0.15, -0.1) is 0 Å². The number of hydrogen-bond acceptors (Lipinski definition) is 5. The van der Waals surface area contributed by atoms with Crippen molar-refractivity contribution in [3.8, 4) is 11.5 Å². The SMILES string of the molecule is Cc1ccc(-c2nc(COC3CCCC(C(O)Cc4ccccc4C(=O)O)C3)c(C)o2)cc1. The first-order chi connectivity index (χ1) is 15.9. The second-order valence-corrected chi connectivity index (χ2v) is 8.98. The lowest BCUT2D eigenvalue weighted by atomic mass is 9.81. The molecule has 0 aliphatic heterocycles. The Morgan fingerprint density at radius 1 is 1.15 bits per heavy atom. The van der Waals surface area contributed by atoms with E-state index in [4.69, 9.17) is 9.15 Å². The average Bonchev–Trinajstić information content (AvgIpc) is 3.19. The van der Waals surface area contributed by atoms with E-state index in [0.717, 1.165) is 42.7 Å². The third-order valence-electron chi connectivity index (χ3n) is 6.53. The van der Waals surface area contributed by atoms with E-state index in [0.29, 0.717) is 24.5 Å². The molecule has 2 N–H and O–H groups in total. The lowest BCUT2D eigenvalue weighted by molar-refractivity contribution is -0.0252. The molecule has 0 saturated heterocycles. The number of aliphatic hydroxyl groups is 1. The number of aromatic nitrogens is 1. The standard InChI is InChI=1S/C27H31NO5/c1-17-10-12-19(13-11-17)26-28-24(18(2)33-26)16-32-22-8-5-7-21(14-22)25(29)15-20-6-3-4-9-23(20)27(30)31/h3-4,6,9-13,21-22,25,29H,5,7-8,14-16H2,1-2H3,(H,30,31). The molecule has 3 unspecified atom stereocenters. The maximum Gasteiger partial charge on any atom is 0.335 e. The number of aliphatic hydroxyl groups excluding tert-OH is 1. The van der Waals surface area contributed by atoms with Crippen LogP contribution in [0.5, 0.6) is 0 Å². The predicted octanol–water partition coefficient (Wildman–Crippen LogP) is 5.34. The smallest absolute Gasteiger partial charge is 0.335 e. The quantitative estimate of drug-likeness (QED) is 0.482. The molecule has 33 heavy (non-hydrogen) atoms. The molecule has 1 saturated carbocycles. The van der Waals surface area contributed by atoms with Gasteiger partial charge in [0.15, 0.2) is 0 Å². The number of aryl methyl sites for hydroxylation is 2. The summed E-state index contributed by atoms with van der Waals surface area (Å²) in [5.74, 6) is 0.464. The van der Waals surface area contributed by atoms with Crippen molar-refractivity contribution in [2.75, 3.05) is 0 Å². The minimum Gasteiger partial charge on any atom is -0.478 e. The molecule has 6 heteroatoms. The number of hydrogen-bond donors (Lipinski definition) is 2. The zero-order chi connectivity index (χ0) is 23.4. The van der Waals surface area contributed by atoms with Crippen molar-refractivity contribution in [1.82, 2.24) is 4.98 Å². The summed E-state index contributed by atoms with van der Waals surface area (Å²) >= 11 is 0. The highest BCUT2D eigenvalue weighted by Gasteiger charge is 2.29. The minimum absolute atomic E-state index is 0.0343. The Hall–Kier alpha value is -2.96. The van der Waals surface area contributed by atoms with Gasteiger partial charge in [-0.1, -0.05) is 42.3 Å². The number of oxazole rings is 1. The van der Waals surface area contributed by atoms with Gasteiger partial charge in [-0.25, -0.2) is 9.78 Å². The Labute approximate surface area is 194 Å². The number of carbonyl (C=O) groups is 1. The zero-order valence-electron chi connectivity index (χ0n) is 19.2. The summed E-state index contributed by atoms with van der Waals surface area (Å²) in [5, 5.41) is 20.3. The topological polar surface area (TPSA) is 92.8 Å². The summed E-state index contributed by atoms with van der Waals surface area (Å²) in [6, 6.07) is 15.0. The van der Waals surface area contributed by atoms with Crippen molar-refractivity contribution >= 4 is 5.97 Å². The van der Waals surface area contributed by atoms with Crippen LogP contribution in [0.4, 0.5) is 0 Å². The number of carboxylic acid groups (broad SMARTS) is 1. The monoisotopic (exact) mass is 449 g/mol. The molecule has 0 spiro atoms. The van der Waals surface area contributed by atoms with E-state index in [2.05, 4.69) is 4.98 Å². The summed E-state index contributed by atoms with van der Waals surface area (Å²) in [5.41, 5.74) is 3.85. The number of benzene rings is 2. The molecule has 1 fully saturated rings. The van der Waals surface area contributed by atoms with Crippen molar-refractivity contribution in [1.29, 1.82) is 0 Å². The number of carboxylic acids is 1. The van der Waals surface area contributed by atoms with Gasteiger partial charge in [0.05, 0.1) is 24.4 Å². The van der Waals surface area contributed by atoms with Crippen LogP contribution >= 0.6 is 0 Å². The highest BCUT2D eigenvalue weighted by Crippen LogP contribution is 2.31. The Bertz CT molecular complexity index is 1090. The normalized spacial score (nSPS) is 19.4. The molecule has 0 radical (unpaired) electrons. The fraction of sp³-hybridized carbons (Fsp3) is 0.407. The first-order valence-electron chi connectivity index (χ1n) is 11.5. The van der Waals surface area contributed by atoms with E-state index in [1.807, 2.05) is 44.2 Å². The van der Waals surface area contributed by atoms with Gasteiger partial charge in [0.2, 0.25) is 5.89 Å². The van der Waals surface area contributed by atoms with Gasteiger partial charge in [0.25, 0.3) is 0 Å². The Balaban J connectivity index is 1.35. The first kappa shape index (κ1) is 23.2. The van der Waals surface area contributed by atoms with Crippen molar-refractivity contribution in [2.45, 2.75) is 64.8 Å². The molecule has 1 aliphatic rings. The van der Waals surface area contributed by atoms with Crippen molar-refractivity contribution in [3.63, 3.8) is 0 Å². The van der Waals surface area contributed by atoms with Gasteiger partial charge in [0.1, 0.15) is 11.5 Å². The van der Waals surface area contributed by atoms with Crippen LogP contribution in [-0.4, -0.2) is 33.4 Å². The highest BCUT2D eigenvalue weighted by atomic mass is 16.5. The molecule has 1 heterocycles. The van der Waals surface area contributed by atoms with Gasteiger partial charge < -0.3 is 19.4 Å². The van der Waals surface area contributed by atoms with Crippen LogP contribution in [0, 0.1) is 19.8 Å². The summed E-state index contributed by atoms with van der Waals surface area (Å²) in [4.78, 5) is 16.1. The maximum atomic E-state index is 11.5. The number of ether oxygens (including phenoxy) is 1. The number of rotatable bonds is 8. The second-order valence-electron chi connectivity index (χ2n) is 8.98. The Morgan fingerprint density at radius 2 is 1.91 bits per heavy atom. The molecule has 2 aromatic carbocycles. The Morgan fingerprint density at radius 3 is 2.67 bits per heavy atom. The first-order valence-corrected chi connectivity index (χ1v) is 11.5. The molecule has 1 aromatic heterocycles. The van der Waals surface area contributed by atoms with E-state index in [1.54, 1.807) is 18.2 Å². The van der Waals surface area contributed by atoms with Crippen LogP contribution in [-0.2, 0) is 17.8 Å². The van der Waals surface area contributed by atoms with Crippen LogP contribution in [0.15, 0.2) is 52.9 Å². The lowest BCUT2D eigenvalue weighted by Gasteiger charge is -2.32. The van der Waals surface area contributed by atoms with E-state index >= 15 is 0 Å². The summed E-state index contributed by atoms with van der Waals surface area (Å²) < 4.78 is 12.0.